The van der Waals surface area contributed by atoms with Gasteiger partial charge in [-0.15, -0.1) is 0 Å². The van der Waals surface area contributed by atoms with E-state index in [2.05, 4.69) is 29.5 Å². The molecule has 0 bridgehead atoms. The Bertz CT molecular complexity index is 339. The molecule has 0 unspecified atom stereocenters. The van der Waals surface area contributed by atoms with E-state index < -0.39 is 0 Å². The van der Waals surface area contributed by atoms with Gasteiger partial charge in [0.25, 0.3) is 0 Å². The summed E-state index contributed by atoms with van der Waals surface area (Å²) in [6.07, 6.45) is 6.00. The van der Waals surface area contributed by atoms with Crippen LogP contribution in [0.3, 0.4) is 0 Å². The van der Waals surface area contributed by atoms with Crippen molar-refractivity contribution in [3.63, 3.8) is 0 Å². The number of nitrogens with zero attached hydrogens (tertiary/aromatic N) is 1. The van der Waals surface area contributed by atoms with E-state index in [0.717, 1.165) is 24.6 Å². The fourth-order valence-electron chi connectivity index (χ4n) is 1.32. The summed E-state index contributed by atoms with van der Waals surface area (Å²) in [5.74, 6) is 0. The number of thiocarbonyl (C=S) groups is 1. The Morgan fingerprint density at radius 3 is 2.94 bits per heavy atom. The van der Waals surface area contributed by atoms with Crippen molar-refractivity contribution in [1.29, 1.82) is 0 Å². The SMILES string of the molecule is CCCCNC(=S)NCc1ccncc1C. The van der Waals surface area contributed by atoms with Gasteiger partial charge < -0.3 is 10.6 Å². The monoisotopic (exact) mass is 237 g/mol. The highest BCUT2D eigenvalue weighted by Gasteiger charge is 1.98. The van der Waals surface area contributed by atoms with Crippen molar-refractivity contribution in [2.24, 2.45) is 0 Å². The van der Waals surface area contributed by atoms with Crippen LogP contribution in [0.2, 0.25) is 0 Å². The third-order valence-electron chi connectivity index (χ3n) is 2.39. The lowest BCUT2D eigenvalue weighted by atomic mass is 10.1. The number of hydrogen-bond donors (Lipinski definition) is 2. The van der Waals surface area contributed by atoms with Gasteiger partial charge in [0.1, 0.15) is 0 Å². The number of unbranched alkanes of at least 4 members (excludes halogenated alkanes) is 1. The lowest BCUT2D eigenvalue weighted by molar-refractivity contribution is 0.738. The standard InChI is InChI=1S/C12H19N3S/c1-3-4-6-14-12(16)15-9-11-5-7-13-8-10(11)2/h5,7-8H,3-4,6,9H2,1-2H3,(H2,14,15,16). The second-order valence-corrected chi connectivity index (χ2v) is 4.17. The molecule has 0 aliphatic heterocycles. The minimum atomic E-state index is 0.727. The summed E-state index contributed by atoms with van der Waals surface area (Å²) in [6, 6.07) is 2.01. The molecule has 0 saturated heterocycles. The highest BCUT2D eigenvalue weighted by Crippen LogP contribution is 2.03. The van der Waals surface area contributed by atoms with Gasteiger partial charge in [0.05, 0.1) is 0 Å². The molecular formula is C12H19N3S. The molecule has 1 aromatic rings. The van der Waals surface area contributed by atoms with E-state index in [1.165, 1.54) is 17.5 Å². The minimum Gasteiger partial charge on any atom is -0.363 e. The Balaban J connectivity index is 2.29. The molecule has 0 spiro atoms. The van der Waals surface area contributed by atoms with Crippen LogP contribution in [0.1, 0.15) is 30.9 Å². The maximum atomic E-state index is 5.17. The maximum Gasteiger partial charge on any atom is 0.166 e. The molecule has 0 aliphatic rings. The number of aromatic nitrogens is 1. The Labute approximate surface area is 103 Å². The lowest BCUT2D eigenvalue weighted by Gasteiger charge is -2.11. The molecule has 0 amide bonds. The number of nitrogens with one attached hydrogen (secondary N) is 2. The van der Waals surface area contributed by atoms with E-state index in [9.17, 15) is 0 Å². The van der Waals surface area contributed by atoms with Crippen LogP contribution < -0.4 is 10.6 Å². The molecule has 1 aromatic heterocycles. The first-order valence-electron chi connectivity index (χ1n) is 5.65. The van der Waals surface area contributed by atoms with Gasteiger partial charge in [0.2, 0.25) is 0 Å². The average molecular weight is 237 g/mol. The molecule has 3 nitrogen and oxygen atoms in total. The van der Waals surface area contributed by atoms with E-state index in [1.54, 1.807) is 6.20 Å². The molecule has 0 aliphatic carbocycles. The van der Waals surface area contributed by atoms with Gasteiger partial charge in [0, 0.05) is 25.5 Å². The molecule has 88 valence electrons. The first-order chi connectivity index (χ1) is 7.74. The Morgan fingerprint density at radius 2 is 2.25 bits per heavy atom. The largest absolute Gasteiger partial charge is 0.363 e. The van der Waals surface area contributed by atoms with Crippen LogP contribution in [-0.2, 0) is 6.54 Å². The first kappa shape index (κ1) is 12.9. The van der Waals surface area contributed by atoms with Crippen LogP contribution in [0.5, 0.6) is 0 Å². The van der Waals surface area contributed by atoms with Crippen molar-refractivity contribution in [3.8, 4) is 0 Å². The molecule has 0 aromatic carbocycles. The van der Waals surface area contributed by atoms with Crippen LogP contribution in [0.15, 0.2) is 18.5 Å². The maximum absolute atomic E-state index is 5.17. The lowest BCUT2D eigenvalue weighted by Crippen LogP contribution is -2.35. The van der Waals surface area contributed by atoms with E-state index in [1.807, 2.05) is 12.3 Å². The van der Waals surface area contributed by atoms with E-state index in [4.69, 9.17) is 12.2 Å². The predicted octanol–water partition coefficient (Wildman–Crippen LogP) is 2.15. The van der Waals surface area contributed by atoms with Crippen molar-refractivity contribution in [3.05, 3.63) is 29.6 Å². The molecule has 0 atom stereocenters. The molecular weight excluding hydrogens is 218 g/mol. The van der Waals surface area contributed by atoms with Crippen LogP contribution in [0.4, 0.5) is 0 Å². The molecule has 0 radical (unpaired) electrons. The van der Waals surface area contributed by atoms with Crippen molar-refractivity contribution < 1.29 is 0 Å². The summed E-state index contributed by atoms with van der Waals surface area (Å²) in [6.45, 7) is 5.92. The summed E-state index contributed by atoms with van der Waals surface area (Å²) in [5.41, 5.74) is 2.42. The summed E-state index contributed by atoms with van der Waals surface area (Å²) >= 11 is 5.17. The van der Waals surface area contributed by atoms with Gasteiger partial charge in [-0.1, -0.05) is 13.3 Å². The summed E-state index contributed by atoms with van der Waals surface area (Å²) < 4.78 is 0. The Morgan fingerprint density at radius 1 is 1.44 bits per heavy atom. The van der Waals surface area contributed by atoms with E-state index >= 15 is 0 Å². The third kappa shape index (κ3) is 4.57. The number of aryl methyl sites for hydroxylation is 1. The second kappa shape index (κ2) is 7.17. The van der Waals surface area contributed by atoms with Crippen molar-refractivity contribution in [1.82, 2.24) is 15.6 Å². The normalized spacial score (nSPS) is 9.88. The van der Waals surface area contributed by atoms with Crippen LogP contribution in [0.25, 0.3) is 0 Å². The Hall–Kier alpha value is -1.16. The highest BCUT2D eigenvalue weighted by atomic mass is 32.1. The summed E-state index contributed by atoms with van der Waals surface area (Å²) in [5, 5.41) is 7.10. The van der Waals surface area contributed by atoms with Crippen LogP contribution >= 0.6 is 12.2 Å². The molecule has 1 heterocycles. The highest BCUT2D eigenvalue weighted by molar-refractivity contribution is 7.80. The minimum absolute atomic E-state index is 0.727. The first-order valence-corrected chi connectivity index (χ1v) is 6.06. The zero-order chi connectivity index (χ0) is 11.8. The molecule has 4 heteroatoms. The topological polar surface area (TPSA) is 37.0 Å². The van der Waals surface area contributed by atoms with Gasteiger partial charge in [-0.05, 0) is 42.8 Å². The van der Waals surface area contributed by atoms with Gasteiger partial charge in [-0.3, -0.25) is 4.98 Å². The Kier molecular flexibility index (Phi) is 5.78. The number of hydrogen-bond acceptors (Lipinski definition) is 2. The van der Waals surface area contributed by atoms with Gasteiger partial charge in [0.15, 0.2) is 5.11 Å². The van der Waals surface area contributed by atoms with Crippen molar-refractivity contribution in [2.45, 2.75) is 33.2 Å². The van der Waals surface area contributed by atoms with Crippen molar-refractivity contribution in [2.75, 3.05) is 6.54 Å². The van der Waals surface area contributed by atoms with Crippen LogP contribution in [0, 0.1) is 6.92 Å². The second-order valence-electron chi connectivity index (χ2n) is 3.77. The van der Waals surface area contributed by atoms with Crippen molar-refractivity contribution >= 4 is 17.3 Å². The zero-order valence-corrected chi connectivity index (χ0v) is 10.7. The molecule has 16 heavy (non-hydrogen) atoms. The number of rotatable bonds is 5. The summed E-state index contributed by atoms with van der Waals surface area (Å²) in [7, 11) is 0. The van der Waals surface area contributed by atoms with E-state index in [0.29, 0.717) is 0 Å². The van der Waals surface area contributed by atoms with Gasteiger partial charge in [-0.2, -0.15) is 0 Å². The smallest absolute Gasteiger partial charge is 0.166 e. The fourth-order valence-corrected chi connectivity index (χ4v) is 1.49. The quantitative estimate of drug-likeness (QED) is 0.608. The van der Waals surface area contributed by atoms with E-state index in [-0.39, 0.29) is 0 Å². The fraction of sp³-hybridized carbons (Fsp3) is 0.500. The third-order valence-corrected chi connectivity index (χ3v) is 2.68. The molecule has 1 rings (SSSR count). The average Bonchev–Trinajstić information content (AvgIpc) is 2.28. The zero-order valence-electron chi connectivity index (χ0n) is 9.92. The molecule has 0 saturated carbocycles. The van der Waals surface area contributed by atoms with Crippen LogP contribution in [-0.4, -0.2) is 16.6 Å². The molecule has 2 N–H and O–H groups in total. The van der Waals surface area contributed by atoms with Gasteiger partial charge in [-0.25, -0.2) is 0 Å². The molecule has 0 fully saturated rings. The predicted molar refractivity (Wildman–Crippen MR) is 71.3 cm³/mol. The number of pyridine rings is 1. The summed E-state index contributed by atoms with van der Waals surface area (Å²) in [4.78, 5) is 4.06. The van der Waals surface area contributed by atoms with Gasteiger partial charge >= 0.3 is 0 Å².